The van der Waals surface area contributed by atoms with Gasteiger partial charge in [-0.1, -0.05) is 32.5 Å². The fraction of sp³-hybridized carbons (Fsp3) is 0.667. The number of hydrogen-bond acceptors (Lipinski definition) is 7. The van der Waals surface area contributed by atoms with Crippen LogP contribution in [0.5, 0.6) is 11.8 Å². The summed E-state index contributed by atoms with van der Waals surface area (Å²) in [4.78, 5) is 8.73. The Bertz CT molecular complexity index is 479. The van der Waals surface area contributed by atoms with E-state index in [4.69, 9.17) is 9.47 Å². The number of methoxy groups -OCH3 is 2. The van der Waals surface area contributed by atoms with E-state index < -0.39 is 0 Å². The Morgan fingerprint density at radius 3 is 2.14 bits per heavy atom. The summed E-state index contributed by atoms with van der Waals surface area (Å²) in [5, 5.41) is 5.02. The monoisotopic (exact) mass is 326 g/mol. The third-order valence-electron chi connectivity index (χ3n) is 2.71. The third-order valence-corrected chi connectivity index (χ3v) is 4.18. The van der Waals surface area contributed by atoms with E-state index in [1.165, 1.54) is 11.8 Å². The van der Waals surface area contributed by atoms with Crippen molar-refractivity contribution in [2.45, 2.75) is 51.1 Å². The summed E-state index contributed by atoms with van der Waals surface area (Å²) in [6.45, 7) is 10.6. The van der Waals surface area contributed by atoms with Gasteiger partial charge in [-0.25, -0.2) is 0 Å². The molecule has 0 amide bonds. The predicted octanol–water partition coefficient (Wildman–Crippen LogP) is 2.98. The summed E-state index contributed by atoms with van der Waals surface area (Å²) in [5.41, 5.74) is 3.05. The van der Waals surface area contributed by atoms with Crippen LogP contribution in [0.2, 0.25) is 0 Å². The van der Waals surface area contributed by atoms with Gasteiger partial charge in [0.25, 0.3) is 0 Å². The molecule has 0 saturated heterocycles. The predicted molar refractivity (Wildman–Crippen MR) is 91.0 cm³/mol. The molecule has 124 valence electrons. The van der Waals surface area contributed by atoms with Crippen molar-refractivity contribution in [3.8, 4) is 11.8 Å². The van der Waals surface area contributed by atoms with E-state index in [1.807, 2.05) is 20.1 Å². The third kappa shape index (κ3) is 6.09. The van der Waals surface area contributed by atoms with Crippen LogP contribution in [-0.4, -0.2) is 41.7 Å². The fourth-order valence-electron chi connectivity index (χ4n) is 1.45. The van der Waals surface area contributed by atoms with Gasteiger partial charge in [-0.05, 0) is 19.3 Å². The van der Waals surface area contributed by atoms with E-state index >= 15 is 0 Å². The zero-order valence-corrected chi connectivity index (χ0v) is 15.2. The molecule has 1 N–H and O–H groups in total. The van der Waals surface area contributed by atoms with E-state index in [0.717, 1.165) is 0 Å². The molecule has 1 rings (SSSR count). The van der Waals surface area contributed by atoms with Crippen LogP contribution in [-0.2, 0) is 0 Å². The molecule has 22 heavy (non-hydrogen) atoms. The van der Waals surface area contributed by atoms with Gasteiger partial charge in [0.15, 0.2) is 5.16 Å². The Morgan fingerprint density at radius 2 is 1.73 bits per heavy atom. The second kappa shape index (κ2) is 8.22. The molecule has 0 saturated carbocycles. The van der Waals surface area contributed by atoms with Crippen molar-refractivity contribution in [3.63, 3.8) is 0 Å². The van der Waals surface area contributed by atoms with Crippen LogP contribution in [0.15, 0.2) is 16.3 Å². The average Bonchev–Trinajstić information content (AvgIpc) is 2.44. The number of thioether (sulfide) groups is 1. The zero-order chi connectivity index (χ0) is 16.8. The van der Waals surface area contributed by atoms with Gasteiger partial charge in [0, 0.05) is 12.3 Å². The minimum atomic E-state index is 0.00645. The van der Waals surface area contributed by atoms with Crippen LogP contribution in [0, 0.1) is 5.41 Å². The Kier molecular flexibility index (Phi) is 6.93. The number of hydrazone groups is 1. The summed E-state index contributed by atoms with van der Waals surface area (Å²) < 4.78 is 10.4. The van der Waals surface area contributed by atoms with Gasteiger partial charge in [-0.3, -0.25) is 0 Å². The SMILES string of the molecule is COc1cc(OC)nc(SC(C=NNC(C)C)C(C)(C)C)n1. The van der Waals surface area contributed by atoms with Crippen LogP contribution < -0.4 is 14.9 Å². The highest BCUT2D eigenvalue weighted by atomic mass is 32.2. The largest absolute Gasteiger partial charge is 0.481 e. The normalized spacial score (nSPS) is 13.5. The summed E-state index contributed by atoms with van der Waals surface area (Å²) in [6, 6.07) is 1.96. The first-order valence-corrected chi connectivity index (χ1v) is 8.06. The van der Waals surface area contributed by atoms with E-state index in [0.29, 0.717) is 23.0 Å². The van der Waals surface area contributed by atoms with Crippen molar-refractivity contribution in [1.82, 2.24) is 15.4 Å². The van der Waals surface area contributed by atoms with Crippen molar-refractivity contribution in [1.29, 1.82) is 0 Å². The maximum Gasteiger partial charge on any atom is 0.220 e. The number of hydrogen-bond donors (Lipinski definition) is 1. The zero-order valence-electron chi connectivity index (χ0n) is 14.4. The standard InChI is InChI=1S/C15H26N4O2S/c1-10(2)19-16-9-11(15(3,4)5)22-14-17-12(20-6)8-13(18-14)21-7/h8-11,19H,1-7H3. The van der Waals surface area contributed by atoms with Crippen molar-refractivity contribution in [2.24, 2.45) is 10.5 Å². The van der Waals surface area contributed by atoms with Crippen molar-refractivity contribution in [3.05, 3.63) is 6.07 Å². The molecule has 7 heteroatoms. The van der Waals surface area contributed by atoms with Gasteiger partial charge in [0.05, 0.1) is 25.5 Å². The number of aromatic nitrogens is 2. The minimum Gasteiger partial charge on any atom is -0.481 e. The van der Waals surface area contributed by atoms with E-state index in [1.54, 1.807) is 20.3 Å². The van der Waals surface area contributed by atoms with Crippen LogP contribution >= 0.6 is 11.8 Å². The second-order valence-electron chi connectivity index (χ2n) is 6.20. The molecule has 1 unspecified atom stereocenters. The number of nitrogens with zero attached hydrogens (tertiary/aromatic N) is 3. The maximum atomic E-state index is 5.19. The summed E-state index contributed by atoms with van der Waals surface area (Å²) in [6.07, 6.45) is 1.90. The molecule has 0 fully saturated rings. The Hall–Kier alpha value is -1.50. The van der Waals surface area contributed by atoms with Gasteiger partial charge in [0.1, 0.15) is 0 Å². The molecule has 0 aliphatic carbocycles. The molecule has 0 aliphatic rings. The van der Waals surface area contributed by atoms with Gasteiger partial charge in [0.2, 0.25) is 11.8 Å². The van der Waals surface area contributed by atoms with Gasteiger partial charge >= 0.3 is 0 Å². The molecule has 1 aromatic heterocycles. The van der Waals surface area contributed by atoms with Crippen LogP contribution in [0.3, 0.4) is 0 Å². The molecule has 0 radical (unpaired) electrons. The van der Waals surface area contributed by atoms with Crippen LogP contribution in [0.4, 0.5) is 0 Å². The summed E-state index contributed by atoms with van der Waals surface area (Å²) in [5.74, 6) is 0.971. The highest BCUT2D eigenvalue weighted by Crippen LogP contribution is 2.34. The highest BCUT2D eigenvalue weighted by molar-refractivity contribution is 8.00. The van der Waals surface area contributed by atoms with Gasteiger partial charge in [-0.2, -0.15) is 15.1 Å². The number of ether oxygens (including phenoxy) is 2. The molecule has 1 heterocycles. The lowest BCUT2D eigenvalue weighted by Crippen LogP contribution is -2.27. The maximum absolute atomic E-state index is 5.19. The number of rotatable bonds is 7. The molecule has 0 aromatic carbocycles. The minimum absolute atomic E-state index is 0.00645. The van der Waals surface area contributed by atoms with Crippen LogP contribution in [0.25, 0.3) is 0 Å². The first kappa shape index (κ1) is 18.5. The lowest BCUT2D eigenvalue weighted by Gasteiger charge is -2.26. The van der Waals surface area contributed by atoms with Crippen LogP contribution in [0.1, 0.15) is 34.6 Å². The second-order valence-corrected chi connectivity index (χ2v) is 7.31. The van der Waals surface area contributed by atoms with E-state index in [2.05, 4.69) is 41.3 Å². The molecular weight excluding hydrogens is 300 g/mol. The van der Waals surface area contributed by atoms with Gasteiger partial charge < -0.3 is 14.9 Å². The van der Waals surface area contributed by atoms with E-state index in [9.17, 15) is 0 Å². The average molecular weight is 326 g/mol. The lowest BCUT2D eigenvalue weighted by molar-refractivity contribution is 0.364. The van der Waals surface area contributed by atoms with E-state index in [-0.39, 0.29) is 10.7 Å². The smallest absolute Gasteiger partial charge is 0.220 e. The first-order chi connectivity index (χ1) is 10.3. The Balaban J connectivity index is 2.96. The van der Waals surface area contributed by atoms with Crippen molar-refractivity contribution < 1.29 is 9.47 Å². The van der Waals surface area contributed by atoms with Crippen molar-refractivity contribution >= 4 is 18.0 Å². The Labute approximate surface area is 137 Å². The molecule has 0 aliphatic heterocycles. The number of nitrogens with one attached hydrogen (secondary N) is 1. The van der Waals surface area contributed by atoms with Gasteiger partial charge in [-0.15, -0.1) is 0 Å². The molecule has 0 spiro atoms. The topological polar surface area (TPSA) is 68.6 Å². The fourth-order valence-corrected chi connectivity index (χ4v) is 2.44. The Morgan fingerprint density at radius 1 is 1.18 bits per heavy atom. The molecule has 1 atom stereocenters. The summed E-state index contributed by atoms with van der Waals surface area (Å²) >= 11 is 1.53. The molecule has 0 bridgehead atoms. The first-order valence-electron chi connectivity index (χ1n) is 7.18. The quantitative estimate of drug-likeness (QED) is 0.359. The lowest BCUT2D eigenvalue weighted by atomic mass is 9.92. The summed E-state index contributed by atoms with van der Waals surface area (Å²) in [7, 11) is 3.15. The molecule has 1 aromatic rings. The molecule has 6 nitrogen and oxygen atoms in total. The van der Waals surface area contributed by atoms with Crippen molar-refractivity contribution in [2.75, 3.05) is 14.2 Å². The molecular formula is C15H26N4O2S. The highest BCUT2D eigenvalue weighted by Gasteiger charge is 2.26.